The molecular formula is C10H7F7N2. The minimum absolute atomic E-state index is 0.162. The van der Waals surface area contributed by atoms with Crippen LogP contribution in [0.2, 0.25) is 0 Å². The number of rotatable bonds is 0. The van der Waals surface area contributed by atoms with Crippen LogP contribution in [0.25, 0.3) is 0 Å². The van der Waals surface area contributed by atoms with E-state index in [1.54, 1.807) is 0 Å². The molecule has 19 heavy (non-hydrogen) atoms. The topological polar surface area (TPSA) is 6.48 Å². The van der Waals surface area contributed by atoms with E-state index in [4.69, 9.17) is 0 Å². The van der Waals surface area contributed by atoms with Crippen molar-refractivity contribution in [1.82, 2.24) is 0 Å². The van der Waals surface area contributed by atoms with Crippen LogP contribution in [-0.2, 0) is 0 Å². The third-order valence-corrected chi connectivity index (χ3v) is 2.80. The first-order valence-electron chi connectivity index (χ1n) is 4.97. The van der Waals surface area contributed by atoms with E-state index >= 15 is 0 Å². The smallest absolute Gasteiger partial charge is 0.307 e. The summed E-state index contributed by atoms with van der Waals surface area (Å²) in [7, 11) is 0.612. The molecule has 106 valence electrons. The van der Waals surface area contributed by atoms with E-state index in [9.17, 15) is 30.7 Å². The van der Waals surface area contributed by atoms with Gasteiger partial charge in [0.1, 0.15) is 0 Å². The summed E-state index contributed by atoms with van der Waals surface area (Å²) < 4.78 is 92.0. The molecule has 0 radical (unpaired) electrons. The molecule has 2 rings (SSSR count). The normalized spacial score (nSPS) is 21.3. The van der Waals surface area contributed by atoms with Gasteiger partial charge in [-0.25, -0.2) is 4.90 Å². The van der Waals surface area contributed by atoms with Gasteiger partial charge in [0.15, 0.2) is 0 Å². The van der Waals surface area contributed by atoms with E-state index in [1.807, 2.05) is 0 Å². The first kappa shape index (κ1) is 13.8. The van der Waals surface area contributed by atoms with Gasteiger partial charge in [-0.15, -0.1) is 13.2 Å². The lowest BCUT2D eigenvalue weighted by atomic mass is 10.1. The van der Waals surface area contributed by atoms with Crippen LogP contribution in [0.3, 0.4) is 0 Å². The summed E-state index contributed by atoms with van der Waals surface area (Å²) in [5.74, 6) is 0. The maximum atomic E-state index is 13.5. The number of alkyl halides is 7. The first-order chi connectivity index (χ1) is 8.51. The minimum atomic E-state index is -5.63. The van der Waals surface area contributed by atoms with Gasteiger partial charge >= 0.3 is 18.4 Å². The van der Waals surface area contributed by atoms with E-state index < -0.39 is 34.7 Å². The maximum absolute atomic E-state index is 13.5. The second-order valence-corrected chi connectivity index (χ2v) is 3.93. The fourth-order valence-corrected chi connectivity index (χ4v) is 1.87. The van der Waals surface area contributed by atoms with Crippen molar-refractivity contribution in [2.45, 2.75) is 18.4 Å². The van der Waals surface area contributed by atoms with Gasteiger partial charge in [-0.3, -0.25) is 0 Å². The molecule has 1 aliphatic rings. The molecule has 1 aromatic rings. The lowest BCUT2D eigenvalue weighted by molar-refractivity contribution is -0.261. The number of nitrogens with zero attached hydrogens (tertiary/aromatic N) is 2. The van der Waals surface area contributed by atoms with Gasteiger partial charge in [0.2, 0.25) is 0 Å². The molecule has 0 fully saturated rings. The second-order valence-electron chi connectivity index (χ2n) is 3.93. The van der Waals surface area contributed by atoms with Gasteiger partial charge in [0.25, 0.3) is 0 Å². The van der Waals surface area contributed by atoms with Crippen LogP contribution >= 0.6 is 0 Å². The summed E-state index contributed by atoms with van der Waals surface area (Å²) >= 11 is 0. The highest BCUT2D eigenvalue weighted by atomic mass is 19.4. The number of benzene rings is 1. The van der Waals surface area contributed by atoms with Crippen molar-refractivity contribution < 1.29 is 30.7 Å². The van der Waals surface area contributed by atoms with Crippen molar-refractivity contribution in [2.24, 2.45) is 0 Å². The monoisotopic (exact) mass is 288 g/mol. The third kappa shape index (κ3) is 1.71. The van der Waals surface area contributed by atoms with Crippen LogP contribution in [0.1, 0.15) is 0 Å². The summed E-state index contributed by atoms with van der Waals surface area (Å²) in [4.78, 5) is -1.67. The molecular weight excluding hydrogens is 281 g/mol. The van der Waals surface area contributed by atoms with Crippen LogP contribution in [0.4, 0.5) is 42.1 Å². The summed E-state index contributed by atoms with van der Waals surface area (Å²) in [6.45, 7) is 0. The predicted molar refractivity (Wildman–Crippen MR) is 53.3 cm³/mol. The molecule has 1 aromatic carbocycles. The molecule has 2 nitrogen and oxygen atoms in total. The van der Waals surface area contributed by atoms with Crippen molar-refractivity contribution in [2.75, 3.05) is 16.8 Å². The Labute approximate surface area is 103 Å². The first-order valence-corrected chi connectivity index (χ1v) is 4.97. The van der Waals surface area contributed by atoms with Gasteiger partial charge in [-0.2, -0.15) is 17.6 Å². The Morgan fingerprint density at radius 2 is 1.37 bits per heavy atom. The van der Waals surface area contributed by atoms with Crippen molar-refractivity contribution in [3.05, 3.63) is 24.3 Å². The summed E-state index contributed by atoms with van der Waals surface area (Å²) in [6, 6.07) is -6.53. The zero-order chi connectivity index (χ0) is 14.6. The molecule has 1 aliphatic heterocycles. The van der Waals surface area contributed by atoms with Crippen molar-refractivity contribution in [3.8, 4) is 0 Å². The summed E-state index contributed by atoms with van der Waals surface area (Å²) in [5.41, 5.74) is -1.65. The van der Waals surface area contributed by atoms with Gasteiger partial charge in [-0.1, -0.05) is 12.1 Å². The van der Waals surface area contributed by atoms with Crippen molar-refractivity contribution >= 4 is 11.4 Å². The number of halogens is 7. The molecule has 0 bridgehead atoms. The van der Waals surface area contributed by atoms with Crippen LogP contribution < -0.4 is 9.80 Å². The van der Waals surface area contributed by atoms with Crippen molar-refractivity contribution in [3.63, 3.8) is 0 Å². The standard InChI is InChI=1S/C10H7F7N2/c1-18-6-4-2-3-5-7(6)19(10(15,16)17)9(13,14)8(18,11)12/h2-5H,1H3. The van der Waals surface area contributed by atoms with E-state index in [-0.39, 0.29) is 4.90 Å². The molecule has 0 aliphatic carbocycles. The molecule has 0 aromatic heterocycles. The Morgan fingerprint density at radius 1 is 0.895 bits per heavy atom. The average Bonchev–Trinajstić information content (AvgIpc) is 2.25. The summed E-state index contributed by atoms with van der Waals surface area (Å²) in [6.07, 6.45) is -5.63. The predicted octanol–water partition coefficient (Wildman–Crippen LogP) is 3.65. The lowest BCUT2D eigenvalue weighted by Crippen LogP contribution is -2.68. The van der Waals surface area contributed by atoms with E-state index in [2.05, 4.69) is 0 Å². The Kier molecular flexibility index (Phi) is 2.66. The van der Waals surface area contributed by atoms with Gasteiger partial charge < -0.3 is 4.90 Å². The molecule has 0 atom stereocenters. The van der Waals surface area contributed by atoms with E-state index in [1.165, 1.54) is 6.07 Å². The molecule has 9 heteroatoms. The summed E-state index contributed by atoms with van der Waals surface area (Å²) in [5, 5.41) is 0. The Morgan fingerprint density at radius 3 is 1.84 bits per heavy atom. The number of hydrogen-bond acceptors (Lipinski definition) is 2. The highest BCUT2D eigenvalue weighted by Gasteiger charge is 2.72. The van der Waals surface area contributed by atoms with Crippen LogP contribution in [0, 0.1) is 0 Å². The van der Waals surface area contributed by atoms with Crippen LogP contribution in [0.5, 0.6) is 0 Å². The SMILES string of the molecule is CN1c2ccccc2N(C(F)(F)F)C(F)(F)C1(F)F. The Balaban J connectivity index is 2.75. The number of anilines is 2. The second kappa shape index (κ2) is 3.67. The zero-order valence-electron chi connectivity index (χ0n) is 9.35. The number of likely N-dealkylation sites (N-methyl/N-ethyl adjacent to an activating group) is 1. The molecule has 0 N–H and O–H groups in total. The Bertz CT molecular complexity index is 497. The molecule has 1 heterocycles. The average molecular weight is 288 g/mol. The van der Waals surface area contributed by atoms with Gasteiger partial charge in [0, 0.05) is 7.05 Å². The minimum Gasteiger partial charge on any atom is -0.307 e. The zero-order valence-corrected chi connectivity index (χ0v) is 9.35. The fraction of sp³-hybridized carbons (Fsp3) is 0.400. The lowest BCUT2D eigenvalue weighted by Gasteiger charge is -2.47. The molecule has 0 saturated heterocycles. The van der Waals surface area contributed by atoms with E-state index in [0.717, 1.165) is 12.1 Å². The fourth-order valence-electron chi connectivity index (χ4n) is 1.87. The number of hydrogen-bond donors (Lipinski definition) is 0. The number of para-hydroxylation sites is 2. The molecule has 0 amide bonds. The largest absolute Gasteiger partial charge is 0.489 e. The maximum Gasteiger partial charge on any atom is 0.489 e. The van der Waals surface area contributed by atoms with Gasteiger partial charge in [0.05, 0.1) is 11.4 Å². The van der Waals surface area contributed by atoms with Crippen LogP contribution in [0.15, 0.2) is 24.3 Å². The van der Waals surface area contributed by atoms with Crippen molar-refractivity contribution in [1.29, 1.82) is 0 Å². The van der Waals surface area contributed by atoms with E-state index in [0.29, 0.717) is 13.1 Å². The van der Waals surface area contributed by atoms with Crippen LogP contribution in [-0.4, -0.2) is 25.4 Å². The third-order valence-electron chi connectivity index (χ3n) is 2.80. The molecule has 0 unspecified atom stereocenters. The number of fused-ring (bicyclic) bond motifs is 1. The quantitative estimate of drug-likeness (QED) is 0.531. The Hall–Kier alpha value is -1.67. The molecule has 0 saturated carbocycles. The van der Waals surface area contributed by atoms with Gasteiger partial charge in [-0.05, 0) is 12.1 Å². The highest BCUT2D eigenvalue weighted by molar-refractivity contribution is 5.75. The highest BCUT2D eigenvalue weighted by Crippen LogP contribution is 2.54. The molecule has 0 spiro atoms.